The zero-order chi connectivity index (χ0) is 20.1. The maximum absolute atomic E-state index is 11.6. The van der Waals surface area contributed by atoms with Crippen molar-refractivity contribution >= 4 is 34.7 Å². The molecule has 148 valence electrons. The Labute approximate surface area is 168 Å². The lowest BCUT2D eigenvalue weighted by molar-refractivity contribution is 0.100. The van der Waals surface area contributed by atoms with Crippen LogP contribution in [-0.4, -0.2) is 42.2 Å². The second-order valence-electron chi connectivity index (χ2n) is 6.57. The minimum Gasteiger partial charge on any atom is -0.378 e. The van der Waals surface area contributed by atoms with Gasteiger partial charge in [-0.2, -0.15) is 4.98 Å². The van der Waals surface area contributed by atoms with Gasteiger partial charge in [0, 0.05) is 30.7 Å². The largest absolute Gasteiger partial charge is 0.378 e. The molecule has 1 aliphatic heterocycles. The second-order valence-corrected chi connectivity index (χ2v) is 6.57. The number of morpholine rings is 1. The summed E-state index contributed by atoms with van der Waals surface area (Å²) in [7, 11) is 0. The van der Waals surface area contributed by atoms with E-state index < -0.39 is 5.91 Å². The van der Waals surface area contributed by atoms with E-state index in [0.29, 0.717) is 23.0 Å². The van der Waals surface area contributed by atoms with Gasteiger partial charge < -0.3 is 26.0 Å². The van der Waals surface area contributed by atoms with Gasteiger partial charge in [0.1, 0.15) is 5.82 Å². The third-order valence-corrected chi connectivity index (χ3v) is 4.61. The first-order valence-electron chi connectivity index (χ1n) is 9.38. The molecule has 0 bridgehead atoms. The van der Waals surface area contributed by atoms with Gasteiger partial charge in [-0.05, 0) is 42.5 Å². The molecule has 8 nitrogen and oxygen atoms in total. The molecule has 0 aliphatic carbocycles. The first-order valence-corrected chi connectivity index (χ1v) is 9.38. The number of hydrogen-bond acceptors (Lipinski definition) is 7. The summed E-state index contributed by atoms with van der Waals surface area (Å²) in [6, 6.07) is 16.9. The molecule has 0 saturated carbocycles. The van der Waals surface area contributed by atoms with Crippen LogP contribution in [0.4, 0.5) is 28.8 Å². The quantitative estimate of drug-likeness (QED) is 0.594. The highest BCUT2D eigenvalue weighted by Gasteiger charge is 2.11. The van der Waals surface area contributed by atoms with Gasteiger partial charge in [0.15, 0.2) is 0 Å². The summed E-state index contributed by atoms with van der Waals surface area (Å²) >= 11 is 0. The van der Waals surface area contributed by atoms with E-state index in [1.807, 2.05) is 18.2 Å². The lowest BCUT2D eigenvalue weighted by atomic mass is 10.1. The highest BCUT2D eigenvalue weighted by molar-refractivity contribution is 5.99. The summed E-state index contributed by atoms with van der Waals surface area (Å²) < 4.78 is 5.40. The van der Waals surface area contributed by atoms with Crippen molar-refractivity contribution in [3.05, 3.63) is 66.4 Å². The van der Waals surface area contributed by atoms with Crippen LogP contribution in [-0.2, 0) is 4.74 Å². The van der Waals surface area contributed by atoms with Crippen LogP contribution in [0.2, 0.25) is 0 Å². The first-order chi connectivity index (χ1) is 14.2. The number of primary amides is 1. The van der Waals surface area contributed by atoms with E-state index in [4.69, 9.17) is 10.5 Å². The molecule has 1 saturated heterocycles. The predicted octanol–water partition coefficient (Wildman–Crippen LogP) is 2.90. The molecule has 1 aromatic heterocycles. The van der Waals surface area contributed by atoms with Crippen LogP contribution in [0.3, 0.4) is 0 Å². The third kappa shape index (κ3) is 4.61. The zero-order valence-corrected chi connectivity index (χ0v) is 15.8. The number of nitrogens with one attached hydrogen (secondary N) is 2. The summed E-state index contributed by atoms with van der Waals surface area (Å²) in [5.41, 5.74) is 8.48. The zero-order valence-electron chi connectivity index (χ0n) is 15.8. The standard InChI is InChI=1S/C21H22N6O2/c22-20(28)17-3-1-2-4-18(17)25-19-9-10-23-21(26-19)24-15-5-7-16(8-6-15)27-11-13-29-14-12-27/h1-10H,11-14H2,(H2,22,28)(H2,23,24,25,26). The molecule has 2 aromatic carbocycles. The maximum atomic E-state index is 11.6. The molecular formula is C21H22N6O2. The van der Waals surface area contributed by atoms with Crippen molar-refractivity contribution in [1.82, 2.24) is 9.97 Å². The molecule has 0 unspecified atom stereocenters. The van der Waals surface area contributed by atoms with Gasteiger partial charge in [-0.15, -0.1) is 0 Å². The molecule has 0 spiro atoms. The first kappa shape index (κ1) is 18.7. The van der Waals surface area contributed by atoms with E-state index in [-0.39, 0.29) is 0 Å². The van der Waals surface area contributed by atoms with E-state index in [1.54, 1.807) is 30.5 Å². The lowest BCUT2D eigenvalue weighted by Crippen LogP contribution is -2.36. The smallest absolute Gasteiger partial charge is 0.250 e. The van der Waals surface area contributed by atoms with Crippen molar-refractivity contribution < 1.29 is 9.53 Å². The number of ether oxygens (including phenoxy) is 1. The Balaban J connectivity index is 1.46. The Hall–Kier alpha value is -3.65. The number of aromatic nitrogens is 2. The molecule has 2 heterocycles. The van der Waals surface area contributed by atoms with E-state index >= 15 is 0 Å². The topological polar surface area (TPSA) is 105 Å². The second kappa shape index (κ2) is 8.57. The fourth-order valence-corrected chi connectivity index (χ4v) is 3.14. The molecule has 3 aromatic rings. The number of benzene rings is 2. The molecule has 0 atom stereocenters. The molecule has 4 N–H and O–H groups in total. The molecule has 1 aliphatic rings. The van der Waals surface area contributed by atoms with Crippen LogP contribution in [0.1, 0.15) is 10.4 Å². The van der Waals surface area contributed by atoms with Gasteiger partial charge in [0.25, 0.3) is 5.91 Å². The van der Waals surface area contributed by atoms with Crippen molar-refractivity contribution in [3.8, 4) is 0 Å². The maximum Gasteiger partial charge on any atom is 0.250 e. The average Bonchev–Trinajstić information content (AvgIpc) is 2.75. The van der Waals surface area contributed by atoms with Gasteiger partial charge in [0.2, 0.25) is 5.95 Å². The molecule has 1 amide bonds. The van der Waals surface area contributed by atoms with E-state index in [9.17, 15) is 4.79 Å². The van der Waals surface area contributed by atoms with Crippen molar-refractivity contribution in [1.29, 1.82) is 0 Å². The number of carbonyl (C=O) groups excluding carboxylic acids is 1. The van der Waals surface area contributed by atoms with Crippen molar-refractivity contribution in [2.75, 3.05) is 41.8 Å². The Kier molecular flexibility index (Phi) is 5.53. The van der Waals surface area contributed by atoms with E-state index in [2.05, 4.69) is 37.6 Å². The number of amides is 1. The number of nitrogens with zero attached hydrogens (tertiary/aromatic N) is 3. The highest BCUT2D eigenvalue weighted by atomic mass is 16.5. The van der Waals surface area contributed by atoms with E-state index in [0.717, 1.165) is 32.0 Å². The number of carbonyl (C=O) groups is 1. The summed E-state index contributed by atoms with van der Waals surface area (Å²) in [6.45, 7) is 3.31. The summed E-state index contributed by atoms with van der Waals surface area (Å²) in [6.07, 6.45) is 1.65. The number of rotatable bonds is 6. The fourth-order valence-electron chi connectivity index (χ4n) is 3.14. The molecule has 8 heteroatoms. The van der Waals surface area contributed by atoms with Gasteiger partial charge in [-0.1, -0.05) is 12.1 Å². The van der Waals surface area contributed by atoms with Crippen molar-refractivity contribution in [2.24, 2.45) is 5.73 Å². The summed E-state index contributed by atoms with van der Waals surface area (Å²) in [5, 5.41) is 6.32. The monoisotopic (exact) mass is 390 g/mol. The van der Waals surface area contributed by atoms with Crippen LogP contribution >= 0.6 is 0 Å². The van der Waals surface area contributed by atoms with Crippen molar-refractivity contribution in [3.63, 3.8) is 0 Å². The highest BCUT2D eigenvalue weighted by Crippen LogP contribution is 2.23. The molecular weight excluding hydrogens is 368 g/mol. The van der Waals surface area contributed by atoms with Gasteiger partial charge in [0.05, 0.1) is 24.5 Å². The average molecular weight is 390 g/mol. The van der Waals surface area contributed by atoms with Crippen molar-refractivity contribution in [2.45, 2.75) is 0 Å². The van der Waals surface area contributed by atoms with Crippen LogP contribution < -0.4 is 21.3 Å². The number of anilines is 5. The van der Waals surface area contributed by atoms with Crippen LogP contribution in [0, 0.1) is 0 Å². The fraction of sp³-hybridized carbons (Fsp3) is 0.190. The summed E-state index contributed by atoms with van der Waals surface area (Å²) in [5.74, 6) is 0.507. The Morgan fingerprint density at radius 1 is 1.00 bits per heavy atom. The Bertz CT molecular complexity index is 986. The SMILES string of the molecule is NC(=O)c1ccccc1Nc1ccnc(Nc2ccc(N3CCOCC3)cc2)n1. The van der Waals surface area contributed by atoms with Gasteiger partial charge in [-0.3, -0.25) is 4.79 Å². The minimum absolute atomic E-state index is 0.402. The molecule has 0 radical (unpaired) electrons. The number of hydrogen-bond donors (Lipinski definition) is 3. The minimum atomic E-state index is -0.499. The third-order valence-electron chi connectivity index (χ3n) is 4.61. The molecule has 1 fully saturated rings. The van der Waals surface area contributed by atoms with Crippen LogP contribution in [0.15, 0.2) is 60.8 Å². The summed E-state index contributed by atoms with van der Waals surface area (Å²) in [4.78, 5) is 22.6. The molecule has 4 rings (SSSR count). The number of nitrogens with two attached hydrogens (primary N) is 1. The lowest BCUT2D eigenvalue weighted by Gasteiger charge is -2.28. The number of para-hydroxylation sites is 1. The van der Waals surface area contributed by atoms with Gasteiger partial charge in [-0.25, -0.2) is 4.98 Å². The van der Waals surface area contributed by atoms with E-state index in [1.165, 1.54) is 5.69 Å². The Morgan fingerprint density at radius 2 is 1.76 bits per heavy atom. The predicted molar refractivity (Wildman–Crippen MR) is 113 cm³/mol. The van der Waals surface area contributed by atoms with Crippen LogP contribution in [0.25, 0.3) is 0 Å². The normalized spacial score (nSPS) is 13.7. The van der Waals surface area contributed by atoms with Crippen LogP contribution in [0.5, 0.6) is 0 Å². The molecule has 29 heavy (non-hydrogen) atoms. The Morgan fingerprint density at radius 3 is 2.52 bits per heavy atom. The van der Waals surface area contributed by atoms with Gasteiger partial charge >= 0.3 is 0 Å².